The second kappa shape index (κ2) is 6.41. The normalized spacial score (nSPS) is 17.0. The van der Waals surface area contributed by atoms with Gasteiger partial charge in [0.25, 0.3) is 10.0 Å². The lowest BCUT2D eigenvalue weighted by molar-refractivity contribution is -0.128. The van der Waals surface area contributed by atoms with E-state index in [9.17, 15) is 22.4 Å². The van der Waals surface area contributed by atoms with E-state index >= 15 is 0 Å². The number of sulfonamides is 1. The molecule has 0 saturated heterocycles. The van der Waals surface area contributed by atoms with Gasteiger partial charge < -0.3 is 10.6 Å². The van der Waals surface area contributed by atoms with E-state index in [4.69, 9.17) is 0 Å². The van der Waals surface area contributed by atoms with Crippen molar-refractivity contribution in [3.05, 3.63) is 47.8 Å². The number of hydrogen-bond acceptors (Lipinski definition) is 4. The quantitative estimate of drug-likeness (QED) is 0.715. The van der Waals surface area contributed by atoms with E-state index in [1.807, 2.05) is 0 Å². The van der Waals surface area contributed by atoms with Crippen LogP contribution < -0.4 is 15.4 Å². The molecule has 1 atom stereocenters. The van der Waals surface area contributed by atoms with Crippen LogP contribution in [0.3, 0.4) is 0 Å². The first-order valence-electron chi connectivity index (χ1n) is 7.72. The van der Waals surface area contributed by atoms with Crippen molar-refractivity contribution in [3.63, 3.8) is 0 Å². The lowest BCUT2D eigenvalue weighted by Crippen LogP contribution is -2.28. The second-order valence-electron chi connectivity index (χ2n) is 5.97. The molecule has 136 valence electrons. The van der Waals surface area contributed by atoms with Crippen LogP contribution in [0.5, 0.6) is 0 Å². The molecular weight excluding hydrogens is 361 g/mol. The maximum atomic E-state index is 13.2. The molecule has 2 aromatic carbocycles. The summed E-state index contributed by atoms with van der Waals surface area (Å²) in [5.74, 6) is -2.37. The van der Waals surface area contributed by atoms with Crippen LogP contribution in [0.15, 0.2) is 41.3 Å². The lowest BCUT2D eigenvalue weighted by atomic mass is 10.1. The van der Waals surface area contributed by atoms with Crippen LogP contribution in [0, 0.1) is 18.7 Å². The first kappa shape index (κ1) is 17.9. The topological polar surface area (TPSA) is 104 Å². The molecule has 7 nitrogen and oxygen atoms in total. The van der Waals surface area contributed by atoms with Gasteiger partial charge in [-0.05, 0) is 55.8 Å². The van der Waals surface area contributed by atoms with E-state index in [1.165, 1.54) is 37.3 Å². The van der Waals surface area contributed by atoms with Gasteiger partial charge in [0.15, 0.2) is 0 Å². The highest BCUT2D eigenvalue weighted by Crippen LogP contribution is 2.30. The van der Waals surface area contributed by atoms with Gasteiger partial charge in [-0.1, -0.05) is 0 Å². The van der Waals surface area contributed by atoms with E-state index in [-0.39, 0.29) is 16.3 Å². The minimum Gasteiger partial charge on any atom is -0.324 e. The Balaban J connectivity index is 1.96. The molecule has 1 aliphatic rings. The van der Waals surface area contributed by atoms with E-state index in [0.29, 0.717) is 11.3 Å². The lowest BCUT2D eigenvalue weighted by Gasteiger charge is -2.13. The molecule has 1 unspecified atom stereocenters. The molecule has 0 radical (unpaired) electrons. The Kier molecular flexibility index (Phi) is 4.41. The largest absolute Gasteiger partial charge is 0.324 e. The third-order valence-electron chi connectivity index (χ3n) is 4.04. The van der Waals surface area contributed by atoms with Gasteiger partial charge in [0.05, 0.1) is 22.0 Å². The summed E-state index contributed by atoms with van der Waals surface area (Å²) in [5, 5.41) is 5.10. The molecule has 0 fully saturated rings. The van der Waals surface area contributed by atoms with Gasteiger partial charge in [-0.15, -0.1) is 0 Å². The van der Waals surface area contributed by atoms with Gasteiger partial charge >= 0.3 is 0 Å². The molecule has 0 spiro atoms. The molecule has 2 amide bonds. The fourth-order valence-corrected chi connectivity index (χ4v) is 3.61. The molecule has 1 heterocycles. The second-order valence-corrected chi connectivity index (χ2v) is 7.65. The Morgan fingerprint density at radius 2 is 1.65 bits per heavy atom. The Bertz CT molecular complexity index is 1020. The number of benzene rings is 2. The van der Waals surface area contributed by atoms with Crippen molar-refractivity contribution in [1.82, 2.24) is 0 Å². The number of anilines is 3. The van der Waals surface area contributed by atoms with Gasteiger partial charge in [0.1, 0.15) is 11.7 Å². The van der Waals surface area contributed by atoms with Gasteiger partial charge in [0, 0.05) is 0 Å². The highest BCUT2D eigenvalue weighted by molar-refractivity contribution is 7.92. The average Bonchev–Trinajstić information content (AvgIpc) is 2.67. The van der Waals surface area contributed by atoms with Gasteiger partial charge in [-0.3, -0.25) is 14.3 Å². The van der Waals surface area contributed by atoms with Crippen molar-refractivity contribution < 1.29 is 22.4 Å². The Hall–Kier alpha value is -2.94. The maximum absolute atomic E-state index is 13.2. The van der Waals surface area contributed by atoms with Crippen molar-refractivity contribution >= 4 is 38.9 Å². The van der Waals surface area contributed by atoms with Gasteiger partial charge in [0.2, 0.25) is 11.8 Å². The summed E-state index contributed by atoms with van der Waals surface area (Å²) in [4.78, 5) is 23.7. The number of nitrogens with one attached hydrogen (secondary N) is 3. The Morgan fingerprint density at radius 1 is 1.00 bits per heavy atom. The van der Waals surface area contributed by atoms with Crippen molar-refractivity contribution in [3.8, 4) is 0 Å². The predicted molar refractivity (Wildman–Crippen MR) is 94.8 cm³/mol. The summed E-state index contributed by atoms with van der Waals surface area (Å²) < 4.78 is 40.8. The number of hydrogen-bond donors (Lipinski definition) is 3. The van der Waals surface area contributed by atoms with Crippen molar-refractivity contribution in [2.45, 2.75) is 18.7 Å². The predicted octanol–water partition coefficient (Wildman–Crippen LogP) is 2.46. The Labute approximate surface area is 149 Å². The number of rotatable bonds is 3. The van der Waals surface area contributed by atoms with Crippen LogP contribution in [-0.4, -0.2) is 20.2 Å². The summed E-state index contributed by atoms with van der Waals surface area (Å²) in [6, 6.07) is 7.66. The summed E-state index contributed by atoms with van der Waals surface area (Å²) in [6.07, 6.45) is 0. The van der Waals surface area contributed by atoms with E-state index in [1.54, 1.807) is 6.92 Å². The third-order valence-corrected chi connectivity index (χ3v) is 5.40. The van der Waals surface area contributed by atoms with Crippen LogP contribution in [0.25, 0.3) is 0 Å². The molecule has 2 aromatic rings. The van der Waals surface area contributed by atoms with E-state index in [0.717, 1.165) is 6.07 Å². The SMILES string of the molecule is Cc1cc(F)ccc1NS(=O)(=O)c1ccc2c(c1)NC(=O)C(C)C(=O)N2. The number of amides is 2. The third kappa shape index (κ3) is 3.38. The molecule has 3 rings (SSSR count). The average molecular weight is 377 g/mol. The number of carbonyl (C=O) groups excluding carboxylic acids is 2. The highest BCUT2D eigenvalue weighted by Gasteiger charge is 2.28. The fourth-order valence-electron chi connectivity index (χ4n) is 2.45. The van der Waals surface area contributed by atoms with E-state index < -0.39 is 33.6 Å². The monoisotopic (exact) mass is 377 g/mol. The molecular formula is C17H16FN3O4S. The standard InChI is InChI=1S/C17H16FN3O4S/c1-9-7-11(18)3-5-13(9)21-26(24,25)12-4-6-14-15(8-12)20-17(23)10(2)16(22)19-14/h3-8,10,21H,1-2H3,(H,19,22)(H,20,23). The van der Waals surface area contributed by atoms with Crippen LogP contribution >= 0.6 is 0 Å². The molecule has 0 bridgehead atoms. The zero-order valence-corrected chi connectivity index (χ0v) is 14.8. The minimum atomic E-state index is -3.98. The molecule has 3 N–H and O–H groups in total. The number of fused-ring (bicyclic) bond motifs is 1. The molecule has 0 saturated carbocycles. The zero-order valence-electron chi connectivity index (χ0n) is 14.0. The zero-order chi connectivity index (χ0) is 19.1. The smallest absolute Gasteiger partial charge is 0.261 e. The van der Waals surface area contributed by atoms with Crippen LogP contribution in [-0.2, 0) is 19.6 Å². The summed E-state index contributed by atoms with van der Waals surface area (Å²) in [6.45, 7) is 3.03. The van der Waals surface area contributed by atoms with Crippen molar-refractivity contribution in [2.24, 2.45) is 5.92 Å². The number of aryl methyl sites for hydroxylation is 1. The number of carbonyl (C=O) groups is 2. The molecule has 0 aliphatic carbocycles. The van der Waals surface area contributed by atoms with E-state index in [2.05, 4.69) is 15.4 Å². The molecule has 1 aliphatic heterocycles. The highest BCUT2D eigenvalue weighted by atomic mass is 32.2. The summed E-state index contributed by atoms with van der Waals surface area (Å²) in [7, 11) is -3.98. The maximum Gasteiger partial charge on any atom is 0.261 e. The first-order valence-corrected chi connectivity index (χ1v) is 9.20. The van der Waals surface area contributed by atoms with Crippen LogP contribution in [0.2, 0.25) is 0 Å². The van der Waals surface area contributed by atoms with Gasteiger partial charge in [-0.25, -0.2) is 12.8 Å². The first-order chi connectivity index (χ1) is 12.2. The molecule has 0 aromatic heterocycles. The molecule has 9 heteroatoms. The summed E-state index contributed by atoms with van der Waals surface area (Å²) >= 11 is 0. The molecule has 26 heavy (non-hydrogen) atoms. The van der Waals surface area contributed by atoms with Crippen LogP contribution in [0.1, 0.15) is 12.5 Å². The fraction of sp³-hybridized carbons (Fsp3) is 0.176. The summed E-state index contributed by atoms with van der Waals surface area (Å²) in [5.41, 5.74) is 1.17. The van der Waals surface area contributed by atoms with Crippen molar-refractivity contribution in [2.75, 3.05) is 15.4 Å². The van der Waals surface area contributed by atoms with Crippen molar-refractivity contribution in [1.29, 1.82) is 0 Å². The van der Waals surface area contributed by atoms with Gasteiger partial charge in [-0.2, -0.15) is 0 Å². The van der Waals surface area contributed by atoms with Crippen LogP contribution in [0.4, 0.5) is 21.5 Å². The Morgan fingerprint density at radius 3 is 2.31 bits per heavy atom. The minimum absolute atomic E-state index is 0.107. The number of halogens is 1.